The third-order valence-electron chi connectivity index (χ3n) is 7.33. The van der Waals surface area contributed by atoms with Crippen LogP contribution < -0.4 is 15.4 Å². The number of hydrogen-bond acceptors (Lipinski definition) is 8. The molecule has 0 saturated carbocycles. The largest absolute Gasteiger partial charge is 0.488 e. The molecule has 13 heteroatoms. The maximum atomic E-state index is 13.5. The minimum atomic E-state index is -3.80. The van der Waals surface area contributed by atoms with Crippen molar-refractivity contribution in [2.45, 2.75) is 51.2 Å². The molecule has 2 heterocycles. The number of anilines is 2. The van der Waals surface area contributed by atoms with Gasteiger partial charge in [-0.05, 0) is 51.1 Å². The lowest BCUT2D eigenvalue weighted by atomic mass is 10.0. The van der Waals surface area contributed by atoms with Gasteiger partial charge in [0.2, 0.25) is 15.9 Å². The van der Waals surface area contributed by atoms with Gasteiger partial charge < -0.3 is 29.9 Å². The van der Waals surface area contributed by atoms with E-state index in [1.807, 2.05) is 6.92 Å². The van der Waals surface area contributed by atoms with Crippen LogP contribution in [-0.2, 0) is 21.2 Å². The number of amides is 3. The Morgan fingerprint density at radius 2 is 1.90 bits per heavy atom. The van der Waals surface area contributed by atoms with Gasteiger partial charge in [0.1, 0.15) is 23.2 Å². The number of nitrogens with one attached hydrogen (secondary N) is 2. The van der Waals surface area contributed by atoms with Crippen molar-refractivity contribution in [3.63, 3.8) is 0 Å². The number of carbonyl (C=O) groups is 2. The lowest BCUT2D eigenvalue weighted by Gasteiger charge is -2.33. The summed E-state index contributed by atoms with van der Waals surface area (Å²) in [5.41, 5.74) is 1.93. The lowest BCUT2D eigenvalue weighted by molar-refractivity contribution is -0.134. The molecule has 1 aliphatic rings. The molecule has 3 atom stereocenters. The van der Waals surface area contributed by atoms with Crippen LogP contribution in [-0.4, -0.2) is 78.7 Å². The molecule has 2 aromatic carbocycles. The highest BCUT2D eigenvalue weighted by Gasteiger charge is 2.33. The van der Waals surface area contributed by atoms with Crippen LogP contribution >= 0.6 is 0 Å². The number of sulfonamides is 1. The highest BCUT2D eigenvalue weighted by atomic mass is 32.2. The standard InChI is InChI=1S/C29H37N5O7S/c1-18-15-34(19(2)17-35)27(36)14-22-13-23(30-29(37)31-28-20(3)32-41-21(28)4)11-12-25(22)40-26(18)16-33(5)42(38,39)24-9-7-6-8-10-24/h6-13,18-19,26,35H,14-17H2,1-5H3,(H2,30,31,37)/t18-,19-,26-/m0/s1. The number of carbonyl (C=O) groups excluding carboxylic acids is 2. The number of hydrogen-bond donors (Lipinski definition) is 3. The van der Waals surface area contributed by atoms with Gasteiger partial charge in [-0.3, -0.25) is 4.79 Å². The fraction of sp³-hybridized carbons (Fsp3) is 0.414. The van der Waals surface area contributed by atoms with Crippen molar-refractivity contribution >= 4 is 33.3 Å². The molecule has 12 nitrogen and oxygen atoms in total. The third-order valence-corrected chi connectivity index (χ3v) is 9.17. The van der Waals surface area contributed by atoms with Crippen LogP contribution in [0, 0.1) is 19.8 Å². The number of ether oxygens (including phenoxy) is 1. The Balaban J connectivity index is 1.62. The SMILES string of the molecule is Cc1noc(C)c1NC(=O)Nc1ccc2c(c1)CC(=O)N([C@@H](C)CO)C[C@H](C)[C@H](CN(C)S(=O)(=O)c1ccccc1)O2. The Labute approximate surface area is 245 Å². The molecule has 0 fully saturated rings. The van der Waals surface area contributed by atoms with E-state index in [9.17, 15) is 23.1 Å². The normalized spacial score (nSPS) is 18.4. The molecular weight excluding hydrogens is 562 g/mol. The van der Waals surface area contributed by atoms with Crippen molar-refractivity contribution < 1.29 is 32.4 Å². The molecule has 0 bridgehead atoms. The smallest absolute Gasteiger partial charge is 0.323 e. The van der Waals surface area contributed by atoms with E-state index < -0.39 is 28.2 Å². The van der Waals surface area contributed by atoms with Gasteiger partial charge in [0, 0.05) is 30.8 Å². The second kappa shape index (κ2) is 12.9. The van der Waals surface area contributed by atoms with Gasteiger partial charge in [0.05, 0.1) is 30.5 Å². The van der Waals surface area contributed by atoms with Crippen LogP contribution in [0.3, 0.4) is 0 Å². The van der Waals surface area contributed by atoms with Crippen LogP contribution in [0.2, 0.25) is 0 Å². The molecule has 3 N–H and O–H groups in total. The molecule has 42 heavy (non-hydrogen) atoms. The first kappa shape index (κ1) is 31.0. The summed E-state index contributed by atoms with van der Waals surface area (Å²) in [6.07, 6.45) is -0.675. The van der Waals surface area contributed by atoms with Crippen molar-refractivity contribution in [2.75, 3.05) is 37.4 Å². The Morgan fingerprint density at radius 1 is 1.19 bits per heavy atom. The number of aryl methyl sites for hydroxylation is 2. The molecule has 0 saturated heterocycles. The van der Waals surface area contributed by atoms with Crippen molar-refractivity contribution in [1.82, 2.24) is 14.4 Å². The number of urea groups is 1. The van der Waals surface area contributed by atoms with Crippen molar-refractivity contribution in [2.24, 2.45) is 5.92 Å². The summed E-state index contributed by atoms with van der Waals surface area (Å²) in [6.45, 7) is 7.08. The number of aromatic nitrogens is 1. The first-order chi connectivity index (χ1) is 19.9. The molecule has 3 aromatic rings. The minimum Gasteiger partial charge on any atom is -0.488 e. The Bertz CT molecular complexity index is 1510. The van der Waals surface area contributed by atoms with Crippen LogP contribution in [0.5, 0.6) is 5.75 Å². The zero-order valence-corrected chi connectivity index (χ0v) is 25.1. The number of nitrogens with zero attached hydrogens (tertiary/aromatic N) is 3. The van der Waals surface area contributed by atoms with Gasteiger partial charge in [0.25, 0.3) is 0 Å². The van der Waals surface area contributed by atoms with Crippen molar-refractivity contribution in [3.05, 3.63) is 65.5 Å². The quantitative estimate of drug-likeness (QED) is 0.356. The number of likely N-dealkylation sites (N-methyl/N-ethyl adjacent to an activating group) is 1. The number of benzene rings is 2. The van der Waals surface area contributed by atoms with E-state index in [4.69, 9.17) is 9.26 Å². The van der Waals surface area contributed by atoms with Crippen LogP contribution in [0.1, 0.15) is 30.9 Å². The van der Waals surface area contributed by atoms with E-state index in [2.05, 4.69) is 15.8 Å². The van der Waals surface area contributed by atoms with Gasteiger partial charge in [-0.1, -0.05) is 30.3 Å². The minimum absolute atomic E-state index is 0.0210. The average Bonchev–Trinajstić information content (AvgIpc) is 3.29. The first-order valence-electron chi connectivity index (χ1n) is 13.6. The van der Waals surface area contributed by atoms with Crippen LogP contribution in [0.25, 0.3) is 0 Å². The van der Waals surface area contributed by atoms with E-state index in [0.717, 1.165) is 0 Å². The molecule has 1 aliphatic heterocycles. The Morgan fingerprint density at radius 3 is 2.55 bits per heavy atom. The van der Waals surface area contributed by atoms with E-state index >= 15 is 0 Å². The first-order valence-corrected chi connectivity index (χ1v) is 15.1. The van der Waals surface area contributed by atoms with E-state index in [1.54, 1.807) is 62.1 Å². The highest BCUT2D eigenvalue weighted by Crippen LogP contribution is 2.30. The maximum absolute atomic E-state index is 13.5. The Kier molecular flexibility index (Phi) is 9.54. The molecule has 0 aliphatic carbocycles. The summed E-state index contributed by atoms with van der Waals surface area (Å²) < 4.78 is 39.3. The summed E-state index contributed by atoms with van der Waals surface area (Å²) in [7, 11) is -2.30. The molecule has 0 radical (unpaired) electrons. The number of fused-ring (bicyclic) bond motifs is 1. The second-order valence-electron chi connectivity index (χ2n) is 10.6. The van der Waals surface area contributed by atoms with Gasteiger partial charge in [0.15, 0.2) is 5.76 Å². The monoisotopic (exact) mass is 599 g/mol. The van der Waals surface area contributed by atoms with Gasteiger partial charge in [-0.15, -0.1) is 0 Å². The lowest BCUT2D eigenvalue weighted by Crippen LogP contribution is -2.48. The van der Waals surface area contributed by atoms with Crippen molar-refractivity contribution in [1.29, 1.82) is 0 Å². The summed E-state index contributed by atoms with van der Waals surface area (Å²) in [6, 6.07) is 12.1. The molecule has 4 rings (SSSR count). The van der Waals surface area contributed by atoms with Gasteiger partial charge in [-0.2, -0.15) is 4.31 Å². The highest BCUT2D eigenvalue weighted by molar-refractivity contribution is 7.89. The van der Waals surface area contributed by atoms with Crippen LogP contribution in [0.4, 0.5) is 16.2 Å². The van der Waals surface area contributed by atoms with Gasteiger partial charge in [-0.25, -0.2) is 13.2 Å². The summed E-state index contributed by atoms with van der Waals surface area (Å²) in [5, 5.41) is 19.2. The molecular formula is C29H37N5O7S. The molecule has 0 spiro atoms. The topological polar surface area (TPSA) is 154 Å². The number of aliphatic hydroxyl groups is 1. The average molecular weight is 600 g/mol. The fourth-order valence-electron chi connectivity index (χ4n) is 4.79. The van der Waals surface area contributed by atoms with Crippen LogP contribution in [0.15, 0.2) is 57.9 Å². The van der Waals surface area contributed by atoms with E-state index in [1.165, 1.54) is 23.5 Å². The summed E-state index contributed by atoms with van der Waals surface area (Å²) >= 11 is 0. The fourth-order valence-corrected chi connectivity index (χ4v) is 5.99. The molecule has 3 amide bonds. The Hall–Kier alpha value is -3.94. The van der Waals surface area contributed by atoms with E-state index in [-0.39, 0.29) is 42.8 Å². The zero-order chi connectivity index (χ0) is 30.6. The molecule has 1 aromatic heterocycles. The second-order valence-corrected chi connectivity index (χ2v) is 12.6. The van der Waals surface area contributed by atoms with E-state index in [0.29, 0.717) is 34.1 Å². The summed E-state index contributed by atoms with van der Waals surface area (Å²) in [4.78, 5) is 27.9. The van der Waals surface area contributed by atoms with Gasteiger partial charge >= 0.3 is 6.03 Å². The number of aliphatic hydroxyl groups excluding tert-OH is 1. The van der Waals surface area contributed by atoms with Crippen molar-refractivity contribution in [3.8, 4) is 5.75 Å². The predicted molar refractivity (Wildman–Crippen MR) is 157 cm³/mol. The predicted octanol–water partition coefficient (Wildman–Crippen LogP) is 3.41. The number of rotatable bonds is 8. The summed E-state index contributed by atoms with van der Waals surface area (Å²) in [5.74, 6) is 0.354. The molecule has 226 valence electrons. The maximum Gasteiger partial charge on any atom is 0.323 e. The zero-order valence-electron chi connectivity index (χ0n) is 24.3. The molecule has 0 unspecified atom stereocenters. The third kappa shape index (κ3) is 6.92.